The molecule has 0 N–H and O–H groups in total. The number of aromatic nitrogens is 2. The summed E-state index contributed by atoms with van der Waals surface area (Å²) >= 11 is 3.42. The largest absolute Gasteiger partial charge is 0.484 e. The van der Waals surface area contributed by atoms with Gasteiger partial charge in [-0.05, 0) is 54.4 Å². The number of benzene rings is 2. The number of rotatable bonds is 7. The zero-order valence-electron chi connectivity index (χ0n) is 19.2. The van der Waals surface area contributed by atoms with E-state index in [1.165, 1.54) is 4.68 Å². The summed E-state index contributed by atoms with van der Waals surface area (Å²) in [5.74, 6) is 1.23. The summed E-state index contributed by atoms with van der Waals surface area (Å²) < 4.78 is 13.1. The second kappa shape index (κ2) is 10.9. The fourth-order valence-corrected chi connectivity index (χ4v) is 3.96. The zero-order chi connectivity index (χ0) is 24.1. The minimum Gasteiger partial charge on any atom is -0.484 e. The number of ether oxygens (including phenoxy) is 2. The van der Waals surface area contributed by atoms with Crippen molar-refractivity contribution in [1.82, 2.24) is 14.6 Å². The maximum atomic E-state index is 13.2. The van der Waals surface area contributed by atoms with E-state index in [4.69, 9.17) is 14.5 Å². The number of halogens is 1. The van der Waals surface area contributed by atoms with E-state index in [1.807, 2.05) is 31.2 Å². The Morgan fingerprint density at radius 3 is 2.68 bits per heavy atom. The smallest absolute Gasteiger partial charge is 0.282 e. The summed E-state index contributed by atoms with van der Waals surface area (Å²) in [6.07, 6.45) is 2.46. The van der Waals surface area contributed by atoms with E-state index in [2.05, 4.69) is 28.0 Å². The van der Waals surface area contributed by atoms with Crippen molar-refractivity contribution in [2.24, 2.45) is 5.10 Å². The highest BCUT2D eigenvalue weighted by molar-refractivity contribution is 9.10. The first-order valence-corrected chi connectivity index (χ1v) is 12.1. The minimum absolute atomic E-state index is 0.0145. The Morgan fingerprint density at radius 2 is 1.97 bits per heavy atom. The van der Waals surface area contributed by atoms with Crippen LogP contribution in [0.1, 0.15) is 37.6 Å². The first-order valence-electron chi connectivity index (χ1n) is 11.3. The minimum atomic E-state index is -0.209. The fourth-order valence-electron chi connectivity index (χ4n) is 3.60. The van der Waals surface area contributed by atoms with Crippen molar-refractivity contribution < 1.29 is 14.3 Å². The first-order chi connectivity index (χ1) is 16.5. The van der Waals surface area contributed by atoms with Crippen molar-refractivity contribution in [3.8, 4) is 5.75 Å². The highest BCUT2D eigenvalue weighted by Crippen LogP contribution is 2.21. The van der Waals surface area contributed by atoms with Gasteiger partial charge in [0, 0.05) is 23.5 Å². The monoisotopic (exact) mass is 526 g/mol. The summed E-state index contributed by atoms with van der Waals surface area (Å²) in [5.41, 5.74) is 1.24. The predicted molar refractivity (Wildman–Crippen MR) is 135 cm³/mol. The standard InChI is InChI=1S/C25H27BrN4O4/c1-3-17(2)24-28-22-9-6-19(26)14-21(22)25(32)30(24)27-15-18-4-7-20(8-5-18)34-16-23(31)29-10-12-33-13-11-29/h4-9,14-15,17H,3,10-13,16H2,1-2H3/t17-/m1/s1. The lowest BCUT2D eigenvalue weighted by Crippen LogP contribution is -2.42. The number of morpholine rings is 1. The van der Waals surface area contributed by atoms with E-state index in [9.17, 15) is 9.59 Å². The number of carbonyl (C=O) groups excluding carboxylic acids is 1. The van der Waals surface area contributed by atoms with Gasteiger partial charge in [0.2, 0.25) is 0 Å². The molecule has 1 aromatic heterocycles. The molecule has 0 radical (unpaired) electrons. The Labute approximate surface area is 206 Å². The molecule has 1 atom stereocenters. The van der Waals surface area contributed by atoms with Crippen molar-refractivity contribution in [3.63, 3.8) is 0 Å². The maximum Gasteiger partial charge on any atom is 0.282 e. The summed E-state index contributed by atoms with van der Waals surface area (Å²) in [6.45, 7) is 6.38. The molecule has 4 rings (SSSR count). The molecule has 2 heterocycles. The third kappa shape index (κ3) is 5.53. The second-order valence-corrected chi connectivity index (χ2v) is 9.07. The van der Waals surface area contributed by atoms with Crippen LogP contribution in [0.25, 0.3) is 10.9 Å². The topological polar surface area (TPSA) is 86.0 Å². The molecule has 9 heteroatoms. The van der Waals surface area contributed by atoms with Gasteiger partial charge in [0.05, 0.1) is 30.3 Å². The Kier molecular flexibility index (Phi) is 7.74. The van der Waals surface area contributed by atoms with Crippen molar-refractivity contribution >= 4 is 39.0 Å². The van der Waals surface area contributed by atoms with Gasteiger partial charge in [-0.3, -0.25) is 9.59 Å². The van der Waals surface area contributed by atoms with Gasteiger partial charge in [-0.1, -0.05) is 29.8 Å². The zero-order valence-corrected chi connectivity index (χ0v) is 20.8. The molecule has 8 nitrogen and oxygen atoms in total. The van der Waals surface area contributed by atoms with Gasteiger partial charge in [-0.2, -0.15) is 9.78 Å². The summed E-state index contributed by atoms with van der Waals surface area (Å²) in [7, 11) is 0. The lowest BCUT2D eigenvalue weighted by Gasteiger charge is -2.26. The number of amides is 1. The van der Waals surface area contributed by atoms with Crippen LogP contribution in [0.4, 0.5) is 0 Å². The Bertz CT molecular complexity index is 1250. The molecule has 0 aliphatic carbocycles. The fraction of sp³-hybridized carbons (Fsp3) is 0.360. The summed E-state index contributed by atoms with van der Waals surface area (Å²) in [5, 5.41) is 4.98. The lowest BCUT2D eigenvalue weighted by molar-refractivity contribution is -0.137. The Morgan fingerprint density at radius 1 is 1.24 bits per heavy atom. The molecular formula is C25H27BrN4O4. The number of hydrogen-bond donors (Lipinski definition) is 0. The average Bonchev–Trinajstić information content (AvgIpc) is 2.87. The molecule has 3 aromatic rings. The van der Waals surface area contributed by atoms with Crippen molar-refractivity contribution in [2.75, 3.05) is 32.9 Å². The third-order valence-electron chi connectivity index (χ3n) is 5.82. The van der Waals surface area contributed by atoms with Gasteiger partial charge in [0.1, 0.15) is 11.6 Å². The van der Waals surface area contributed by atoms with Crippen LogP contribution in [0.3, 0.4) is 0 Å². The Balaban J connectivity index is 1.51. The van der Waals surface area contributed by atoms with Crippen LogP contribution in [-0.4, -0.2) is 59.6 Å². The van der Waals surface area contributed by atoms with Crippen molar-refractivity contribution in [2.45, 2.75) is 26.2 Å². The Hall–Kier alpha value is -3.04. The average molecular weight is 527 g/mol. The van der Waals surface area contributed by atoms with E-state index in [0.29, 0.717) is 48.8 Å². The molecule has 1 aliphatic heterocycles. The molecule has 2 aromatic carbocycles. The normalized spacial score (nSPS) is 15.1. The highest BCUT2D eigenvalue weighted by Gasteiger charge is 2.17. The van der Waals surface area contributed by atoms with Gasteiger partial charge >= 0.3 is 0 Å². The summed E-state index contributed by atoms with van der Waals surface area (Å²) in [6, 6.07) is 12.7. The van der Waals surface area contributed by atoms with Gasteiger partial charge in [0.25, 0.3) is 11.5 Å². The number of carbonyl (C=O) groups is 1. The van der Waals surface area contributed by atoms with Crippen LogP contribution in [0, 0.1) is 0 Å². The number of fused-ring (bicyclic) bond motifs is 1. The quantitative estimate of drug-likeness (QED) is 0.437. The molecule has 0 unspecified atom stereocenters. The SMILES string of the molecule is CC[C@@H](C)c1nc2ccc(Br)cc2c(=O)n1N=Cc1ccc(OCC(=O)N2CCOCC2)cc1. The number of hydrogen-bond acceptors (Lipinski definition) is 6. The molecule has 0 saturated carbocycles. The van der Waals surface area contributed by atoms with Gasteiger partial charge in [-0.15, -0.1) is 0 Å². The molecule has 0 spiro atoms. The van der Waals surface area contributed by atoms with Crippen molar-refractivity contribution in [1.29, 1.82) is 0 Å². The molecule has 34 heavy (non-hydrogen) atoms. The van der Waals surface area contributed by atoms with Gasteiger partial charge in [-0.25, -0.2) is 4.98 Å². The molecule has 0 bridgehead atoms. The maximum absolute atomic E-state index is 13.2. The first kappa shape index (κ1) is 24.1. The molecule has 1 aliphatic rings. The second-order valence-electron chi connectivity index (χ2n) is 8.15. The highest BCUT2D eigenvalue weighted by atomic mass is 79.9. The predicted octanol–water partition coefficient (Wildman–Crippen LogP) is 3.79. The molecule has 1 saturated heterocycles. The van der Waals surface area contributed by atoms with Crippen LogP contribution in [0.5, 0.6) is 5.75 Å². The van der Waals surface area contributed by atoms with Crippen molar-refractivity contribution in [3.05, 3.63) is 68.7 Å². The molecular weight excluding hydrogens is 500 g/mol. The van der Waals surface area contributed by atoms with E-state index in [-0.39, 0.29) is 24.0 Å². The van der Waals surface area contributed by atoms with Crippen LogP contribution >= 0.6 is 15.9 Å². The van der Waals surface area contributed by atoms with Crippen LogP contribution in [-0.2, 0) is 9.53 Å². The van der Waals surface area contributed by atoms with Crippen LogP contribution in [0.2, 0.25) is 0 Å². The van der Waals surface area contributed by atoms with Crippen LogP contribution < -0.4 is 10.3 Å². The summed E-state index contributed by atoms with van der Waals surface area (Å²) in [4.78, 5) is 31.9. The molecule has 178 valence electrons. The third-order valence-corrected chi connectivity index (χ3v) is 6.31. The lowest BCUT2D eigenvalue weighted by atomic mass is 10.1. The van der Waals surface area contributed by atoms with E-state index < -0.39 is 0 Å². The van der Waals surface area contributed by atoms with Crippen LogP contribution in [0.15, 0.2) is 56.8 Å². The van der Waals surface area contributed by atoms with E-state index >= 15 is 0 Å². The van der Waals surface area contributed by atoms with Gasteiger partial charge < -0.3 is 14.4 Å². The molecule has 1 fully saturated rings. The number of nitrogens with zero attached hydrogens (tertiary/aromatic N) is 4. The van der Waals surface area contributed by atoms with Gasteiger partial charge in [0.15, 0.2) is 6.61 Å². The molecule has 1 amide bonds. The van der Waals surface area contributed by atoms with E-state index in [0.717, 1.165) is 16.5 Å². The van der Waals surface area contributed by atoms with E-state index in [1.54, 1.807) is 29.3 Å².